The van der Waals surface area contributed by atoms with Gasteiger partial charge in [0.15, 0.2) is 5.69 Å². The minimum atomic E-state index is -1.01. The molecule has 0 saturated carbocycles. The average Bonchev–Trinajstić information content (AvgIpc) is 2.78. The molecule has 1 aromatic carbocycles. The van der Waals surface area contributed by atoms with Crippen molar-refractivity contribution in [3.05, 3.63) is 35.3 Å². The van der Waals surface area contributed by atoms with Crippen LogP contribution in [0.3, 0.4) is 0 Å². The summed E-state index contributed by atoms with van der Waals surface area (Å²) in [5.41, 5.74) is 1.73. The molecule has 0 aliphatic carbocycles. The highest BCUT2D eigenvalue weighted by Crippen LogP contribution is 2.25. The molecule has 0 amide bonds. The molecule has 2 rings (SSSR count). The van der Waals surface area contributed by atoms with Crippen LogP contribution in [0.5, 0.6) is 0 Å². The second-order valence-corrected chi connectivity index (χ2v) is 3.91. The molecule has 16 heavy (non-hydrogen) atoms. The summed E-state index contributed by atoms with van der Waals surface area (Å²) < 4.78 is 0. The molecule has 80 valence electrons. The molecule has 0 aliphatic heterocycles. The van der Waals surface area contributed by atoms with Crippen LogP contribution in [0.1, 0.15) is 10.5 Å². The lowest BCUT2D eigenvalue weighted by molar-refractivity contribution is 0.0691. The van der Waals surface area contributed by atoms with Crippen molar-refractivity contribution in [2.45, 2.75) is 0 Å². The summed E-state index contributed by atoms with van der Waals surface area (Å²) in [5, 5.41) is 11.0. The van der Waals surface area contributed by atoms with Gasteiger partial charge in [-0.15, -0.1) is 11.3 Å². The Balaban J connectivity index is 2.35. The van der Waals surface area contributed by atoms with Crippen molar-refractivity contribution in [2.75, 3.05) is 0 Å². The van der Waals surface area contributed by atoms with Crippen molar-refractivity contribution in [3.63, 3.8) is 0 Å². The van der Waals surface area contributed by atoms with Crippen LogP contribution >= 0.6 is 11.3 Å². The van der Waals surface area contributed by atoms with Gasteiger partial charge in [0.05, 0.1) is 5.69 Å². The van der Waals surface area contributed by atoms with E-state index in [1.54, 1.807) is 0 Å². The first-order chi connectivity index (χ1) is 7.70. The molecular weight excluding hydrogens is 224 g/mol. The second kappa shape index (κ2) is 4.24. The van der Waals surface area contributed by atoms with Crippen molar-refractivity contribution < 1.29 is 9.90 Å². The number of carboxylic acid groups (broad SMARTS) is 1. The number of thiazole rings is 1. The van der Waals surface area contributed by atoms with Crippen LogP contribution in [0.2, 0.25) is 0 Å². The van der Waals surface area contributed by atoms with E-state index in [1.807, 2.05) is 24.3 Å². The maximum atomic E-state index is 10.7. The van der Waals surface area contributed by atoms with Crippen LogP contribution < -0.4 is 0 Å². The average molecular weight is 232 g/mol. The van der Waals surface area contributed by atoms with Gasteiger partial charge in [-0.3, -0.25) is 4.99 Å². The van der Waals surface area contributed by atoms with E-state index in [-0.39, 0.29) is 5.69 Å². The molecule has 1 heterocycles. The zero-order valence-corrected chi connectivity index (χ0v) is 9.07. The fraction of sp³-hybridized carbons (Fsp3) is 0. The van der Waals surface area contributed by atoms with Crippen molar-refractivity contribution >= 4 is 29.7 Å². The molecule has 0 spiro atoms. The Morgan fingerprint density at radius 3 is 2.56 bits per heavy atom. The van der Waals surface area contributed by atoms with Gasteiger partial charge in [-0.1, -0.05) is 0 Å². The number of rotatable bonds is 3. The third-order valence-corrected chi connectivity index (χ3v) is 2.91. The maximum Gasteiger partial charge on any atom is 0.355 e. The fourth-order valence-corrected chi connectivity index (χ4v) is 2.01. The Morgan fingerprint density at radius 2 is 2.06 bits per heavy atom. The molecule has 4 nitrogen and oxygen atoms in total. The second-order valence-electron chi connectivity index (χ2n) is 3.05. The lowest BCUT2D eigenvalue weighted by atomic mass is 10.2. The van der Waals surface area contributed by atoms with Gasteiger partial charge in [-0.25, -0.2) is 9.78 Å². The quantitative estimate of drug-likeness (QED) is 0.827. The van der Waals surface area contributed by atoms with E-state index in [1.165, 1.54) is 16.7 Å². The Kier molecular flexibility index (Phi) is 2.78. The first-order valence-corrected chi connectivity index (χ1v) is 5.34. The number of benzene rings is 1. The molecule has 0 unspecified atom stereocenters. The molecule has 0 saturated heterocycles. The van der Waals surface area contributed by atoms with Crippen LogP contribution in [0, 0.1) is 0 Å². The molecule has 0 atom stereocenters. The van der Waals surface area contributed by atoms with Gasteiger partial charge in [0.2, 0.25) is 0 Å². The lowest BCUT2D eigenvalue weighted by Gasteiger charge is -1.96. The van der Waals surface area contributed by atoms with Gasteiger partial charge >= 0.3 is 5.97 Å². The van der Waals surface area contributed by atoms with Crippen LogP contribution in [-0.4, -0.2) is 22.8 Å². The summed E-state index contributed by atoms with van der Waals surface area (Å²) in [6.07, 6.45) is 0. The summed E-state index contributed by atoms with van der Waals surface area (Å²) in [7, 11) is 0. The summed E-state index contributed by atoms with van der Waals surface area (Å²) in [4.78, 5) is 18.5. The number of aliphatic imine (C=N–C) groups is 1. The van der Waals surface area contributed by atoms with E-state index < -0.39 is 5.97 Å². The van der Waals surface area contributed by atoms with Crippen molar-refractivity contribution in [1.29, 1.82) is 0 Å². The smallest absolute Gasteiger partial charge is 0.355 e. The molecule has 5 heteroatoms. The molecule has 0 radical (unpaired) electrons. The van der Waals surface area contributed by atoms with E-state index in [0.29, 0.717) is 5.01 Å². The predicted molar refractivity (Wildman–Crippen MR) is 63.7 cm³/mol. The van der Waals surface area contributed by atoms with Crippen LogP contribution in [0.4, 0.5) is 5.69 Å². The van der Waals surface area contributed by atoms with Crippen LogP contribution in [-0.2, 0) is 0 Å². The molecule has 0 bridgehead atoms. The lowest BCUT2D eigenvalue weighted by Crippen LogP contribution is -1.95. The van der Waals surface area contributed by atoms with E-state index in [0.717, 1.165) is 11.3 Å². The standard InChI is InChI=1S/C11H8N2O2S/c1-12-8-4-2-7(3-5-8)10-13-9(6-16-10)11(14)15/h2-6H,1H2,(H,14,15). The molecule has 1 aromatic heterocycles. The SMILES string of the molecule is C=Nc1ccc(-c2nc(C(=O)O)cs2)cc1. The van der Waals surface area contributed by atoms with E-state index in [2.05, 4.69) is 16.7 Å². The first kappa shape index (κ1) is 10.5. The van der Waals surface area contributed by atoms with Crippen LogP contribution in [0.25, 0.3) is 10.6 Å². The van der Waals surface area contributed by atoms with E-state index >= 15 is 0 Å². The van der Waals surface area contributed by atoms with Gasteiger partial charge in [-0.05, 0) is 31.0 Å². The molecule has 2 aromatic rings. The highest BCUT2D eigenvalue weighted by molar-refractivity contribution is 7.13. The molecule has 0 fully saturated rings. The summed E-state index contributed by atoms with van der Waals surface area (Å²) in [5.74, 6) is -1.01. The zero-order chi connectivity index (χ0) is 11.5. The molecular formula is C11H8N2O2S. The normalized spacial score (nSPS) is 10.0. The number of hydrogen-bond donors (Lipinski definition) is 1. The number of aromatic nitrogens is 1. The first-order valence-electron chi connectivity index (χ1n) is 4.46. The van der Waals surface area contributed by atoms with Gasteiger partial charge in [0.25, 0.3) is 0 Å². The van der Waals surface area contributed by atoms with Crippen molar-refractivity contribution in [1.82, 2.24) is 4.98 Å². The molecule has 0 aliphatic rings. The number of nitrogens with zero attached hydrogens (tertiary/aromatic N) is 2. The topological polar surface area (TPSA) is 62.5 Å². The van der Waals surface area contributed by atoms with Gasteiger partial charge in [-0.2, -0.15) is 0 Å². The molecule has 1 N–H and O–H groups in total. The summed E-state index contributed by atoms with van der Waals surface area (Å²) in [6, 6.07) is 7.30. The van der Waals surface area contributed by atoms with E-state index in [4.69, 9.17) is 5.11 Å². The third kappa shape index (κ3) is 1.99. The Morgan fingerprint density at radius 1 is 1.38 bits per heavy atom. The Hall–Kier alpha value is -2.01. The largest absolute Gasteiger partial charge is 0.476 e. The highest BCUT2D eigenvalue weighted by atomic mass is 32.1. The van der Waals surface area contributed by atoms with Crippen LogP contribution in [0.15, 0.2) is 34.6 Å². The summed E-state index contributed by atoms with van der Waals surface area (Å²) >= 11 is 1.31. The number of aromatic carboxylic acids is 1. The number of carboxylic acids is 1. The third-order valence-electron chi connectivity index (χ3n) is 2.02. The van der Waals surface area contributed by atoms with Gasteiger partial charge in [0.1, 0.15) is 5.01 Å². The minimum absolute atomic E-state index is 0.0749. The van der Waals surface area contributed by atoms with Gasteiger partial charge in [0, 0.05) is 10.9 Å². The van der Waals surface area contributed by atoms with E-state index in [9.17, 15) is 4.79 Å². The highest BCUT2D eigenvalue weighted by Gasteiger charge is 2.09. The fourth-order valence-electron chi connectivity index (χ4n) is 1.21. The predicted octanol–water partition coefficient (Wildman–Crippen LogP) is 2.84. The maximum absolute atomic E-state index is 10.7. The number of carbonyl (C=O) groups is 1. The number of hydrogen-bond acceptors (Lipinski definition) is 4. The summed E-state index contributed by atoms with van der Waals surface area (Å²) in [6.45, 7) is 3.42. The zero-order valence-electron chi connectivity index (χ0n) is 8.25. The minimum Gasteiger partial charge on any atom is -0.476 e. The van der Waals surface area contributed by atoms with Crippen molar-refractivity contribution in [2.24, 2.45) is 4.99 Å². The van der Waals surface area contributed by atoms with Crippen molar-refractivity contribution in [3.8, 4) is 10.6 Å². The van der Waals surface area contributed by atoms with Gasteiger partial charge < -0.3 is 5.11 Å². The Bertz CT molecular complexity index is 531. The Labute approximate surface area is 95.9 Å². The monoisotopic (exact) mass is 232 g/mol.